The van der Waals surface area contributed by atoms with Gasteiger partial charge in [0.15, 0.2) is 11.5 Å². The molecule has 1 aliphatic rings. The van der Waals surface area contributed by atoms with E-state index < -0.39 is 10.0 Å². The largest absolute Gasteiger partial charge is 0.493 e. The van der Waals surface area contributed by atoms with E-state index in [4.69, 9.17) is 9.47 Å². The van der Waals surface area contributed by atoms with E-state index in [1.807, 2.05) is 0 Å². The van der Waals surface area contributed by atoms with Gasteiger partial charge in [-0.15, -0.1) is 0 Å². The number of aromatic amines is 1. The average molecular weight is 382 g/mol. The van der Waals surface area contributed by atoms with Gasteiger partial charge in [0.1, 0.15) is 5.82 Å². The molecule has 0 amide bonds. The molecular formula is C16H22N4O5S. The summed E-state index contributed by atoms with van der Waals surface area (Å²) in [5.74, 6) is 1.48. The molecule has 0 saturated carbocycles. The summed E-state index contributed by atoms with van der Waals surface area (Å²) in [5, 5.41) is 6.43. The van der Waals surface area contributed by atoms with Gasteiger partial charge in [-0.3, -0.25) is 4.57 Å². The van der Waals surface area contributed by atoms with Gasteiger partial charge in [0.05, 0.1) is 19.1 Å². The molecule has 1 aromatic carbocycles. The Hall–Kier alpha value is -2.33. The van der Waals surface area contributed by atoms with Gasteiger partial charge in [0, 0.05) is 32.1 Å². The van der Waals surface area contributed by atoms with Crippen LogP contribution in [0.5, 0.6) is 11.5 Å². The van der Waals surface area contributed by atoms with Gasteiger partial charge in [-0.1, -0.05) is 0 Å². The van der Waals surface area contributed by atoms with Gasteiger partial charge in [-0.25, -0.2) is 18.3 Å². The summed E-state index contributed by atoms with van der Waals surface area (Å²) in [6, 6.07) is 4.30. The third kappa shape index (κ3) is 3.21. The lowest BCUT2D eigenvalue weighted by atomic mass is 10.1. The monoisotopic (exact) mass is 382 g/mol. The molecule has 1 aliphatic heterocycles. The molecule has 142 valence electrons. The van der Waals surface area contributed by atoms with E-state index in [9.17, 15) is 13.2 Å². The fraction of sp³-hybridized carbons (Fsp3) is 0.500. The van der Waals surface area contributed by atoms with E-state index in [1.54, 1.807) is 17.7 Å². The summed E-state index contributed by atoms with van der Waals surface area (Å²) < 4.78 is 39.4. The number of sulfonamides is 1. The summed E-state index contributed by atoms with van der Waals surface area (Å²) in [7, 11) is 0.809. The molecule has 1 aromatic heterocycles. The molecule has 0 saturated heterocycles. The van der Waals surface area contributed by atoms with Crippen LogP contribution in [0.25, 0.3) is 0 Å². The first-order chi connectivity index (χ1) is 12.4. The van der Waals surface area contributed by atoms with E-state index in [0.717, 1.165) is 0 Å². The highest BCUT2D eigenvalue weighted by Gasteiger charge is 2.30. The molecule has 0 aliphatic carbocycles. The lowest BCUT2D eigenvalue weighted by Gasteiger charge is -2.26. The molecule has 1 N–H and O–H groups in total. The molecule has 0 radical (unpaired) electrons. The zero-order valence-corrected chi connectivity index (χ0v) is 15.7. The third-order valence-electron chi connectivity index (χ3n) is 4.77. The number of methoxy groups -OCH3 is 2. The Bertz CT molecular complexity index is 950. The van der Waals surface area contributed by atoms with Gasteiger partial charge < -0.3 is 9.47 Å². The van der Waals surface area contributed by atoms with Gasteiger partial charge in [0.2, 0.25) is 10.0 Å². The Labute approximate surface area is 151 Å². The van der Waals surface area contributed by atoms with Gasteiger partial charge in [0.25, 0.3) is 0 Å². The Balaban J connectivity index is 1.84. The minimum Gasteiger partial charge on any atom is -0.493 e. The molecule has 10 heteroatoms. The lowest BCUT2D eigenvalue weighted by Crippen LogP contribution is -2.37. The second kappa shape index (κ2) is 7.12. The van der Waals surface area contributed by atoms with E-state index in [-0.39, 0.29) is 16.6 Å². The van der Waals surface area contributed by atoms with Gasteiger partial charge in [-0.2, -0.15) is 9.40 Å². The van der Waals surface area contributed by atoms with Crippen molar-refractivity contribution in [2.75, 3.05) is 21.3 Å². The van der Waals surface area contributed by atoms with Crippen molar-refractivity contribution in [2.24, 2.45) is 0 Å². The molecular weight excluding hydrogens is 360 g/mol. The first kappa shape index (κ1) is 18.5. The minimum atomic E-state index is -3.71. The van der Waals surface area contributed by atoms with Crippen molar-refractivity contribution < 1.29 is 17.9 Å². The maximum Gasteiger partial charge on any atom is 0.343 e. The van der Waals surface area contributed by atoms with Crippen LogP contribution in [0.3, 0.4) is 0 Å². The molecule has 9 nitrogen and oxygen atoms in total. The maximum absolute atomic E-state index is 13.0. The third-order valence-corrected chi connectivity index (χ3v) is 6.68. The van der Waals surface area contributed by atoms with E-state index in [0.29, 0.717) is 43.1 Å². The summed E-state index contributed by atoms with van der Waals surface area (Å²) in [4.78, 5) is 11.9. The molecule has 0 spiro atoms. The standard InChI is InChI=1S/C16H22N4O5S/c1-19(11-4-7-15-17-18-16(21)20(15)9-8-11)26(22,23)12-5-6-13(24-2)14(10-12)25-3/h5-6,10-11H,4,7-9H2,1-3H3,(H,18,21). The number of hydrogen-bond acceptors (Lipinski definition) is 6. The van der Waals surface area contributed by atoms with E-state index in [1.165, 1.54) is 30.7 Å². The number of nitrogens with one attached hydrogen (secondary N) is 1. The second-order valence-electron chi connectivity index (χ2n) is 6.12. The van der Waals surface area contributed by atoms with E-state index in [2.05, 4.69) is 10.2 Å². The summed E-state index contributed by atoms with van der Waals surface area (Å²) in [6.45, 7) is 0.432. The maximum atomic E-state index is 13.0. The minimum absolute atomic E-state index is 0.137. The van der Waals surface area contributed by atoms with Crippen molar-refractivity contribution in [1.82, 2.24) is 19.1 Å². The van der Waals surface area contributed by atoms with Crippen LogP contribution in [0.1, 0.15) is 18.7 Å². The molecule has 0 bridgehead atoms. The number of ether oxygens (including phenoxy) is 2. The number of aromatic nitrogens is 3. The Morgan fingerprint density at radius 2 is 1.96 bits per heavy atom. The molecule has 1 unspecified atom stereocenters. The van der Waals surface area contributed by atoms with Crippen molar-refractivity contribution in [3.05, 3.63) is 34.5 Å². The van der Waals surface area contributed by atoms with Crippen LogP contribution in [0.2, 0.25) is 0 Å². The van der Waals surface area contributed by atoms with Crippen LogP contribution in [-0.4, -0.2) is 54.8 Å². The van der Waals surface area contributed by atoms with Crippen LogP contribution in [-0.2, 0) is 23.0 Å². The number of nitrogens with zero attached hydrogens (tertiary/aromatic N) is 3. The van der Waals surface area contributed by atoms with Crippen molar-refractivity contribution in [3.8, 4) is 11.5 Å². The zero-order chi connectivity index (χ0) is 18.9. The quantitative estimate of drug-likeness (QED) is 0.812. The second-order valence-corrected chi connectivity index (χ2v) is 8.11. The zero-order valence-electron chi connectivity index (χ0n) is 14.9. The highest BCUT2D eigenvalue weighted by Crippen LogP contribution is 2.31. The molecule has 0 fully saturated rings. The Morgan fingerprint density at radius 1 is 1.23 bits per heavy atom. The fourth-order valence-electron chi connectivity index (χ4n) is 3.19. The first-order valence-corrected chi connectivity index (χ1v) is 9.66. The molecule has 3 rings (SSSR count). The highest BCUT2D eigenvalue weighted by molar-refractivity contribution is 7.89. The van der Waals surface area contributed by atoms with E-state index >= 15 is 0 Å². The SMILES string of the molecule is COc1ccc(S(=O)(=O)N(C)C2CCc3n[nH]c(=O)n3CC2)cc1OC. The first-order valence-electron chi connectivity index (χ1n) is 8.22. The number of hydrogen-bond donors (Lipinski definition) is 1. The van der Waals surface area contributed by atoms with Crippen LogP contribution in [0.15, 0.2) is 27.9 Å². The molecule has 2 aromatic rings. The summed E-state index contributed by atoms with van der Waals surface area (Å²) in [5.41, 5.74) is -0.258. The summed E-state index contributed by atoms with van der Waals surface area (Å²) in [6.07, 6.45) is 1.66. The van der Waals surface area contributed by atoms with Crippen molar-refractivity contribution in [3.63, 3.8) is 0 Å². The Morgan fingerprint density at radius 3 is 2.65 bits per heavy atom. The molecule has 26 heavy (non-hydrogen) atoms. The number of H-pyrrole nitrogens is 1. The normalized spacial score (nSPS) is 17.6. The predicted octanol–water partition coefficient (Wildman–Crippen LogP) is 0.614. The van der Waals surface area contributed by atoms with Crippen molar-refractivity contribution in [1.29, 1.82) is 0 Å². The number of fused-ring (bicyclic) bond motifs is 1. The van der Waals surface area contributed by atoms with Crippen LogP contribution < -0.4 is 15.2 Å². The summed E-state index contributed by atoms with van der Waals surface area (Å²) >= 11 is 0. The highest BCUT2D eigenvalue weighted by atomic mass is 32.2. The predicted molar refractivity (Wildman–Crippen MR) is 94.1 cm³/mol. The van der Waals surface area contributed by atoms with Crippen molar-refractivity contribution in [2.45, 2.75) is 36.7 Å². The number of rotatable bonds is 5. The average Bonchev–Trinajstić information content (AvgIpc) is 2.87. The fourth-order valence-corrected chi connectivity index (χ4v) is 4.62. The smallest absolute Gasteiger partial charge is 0.343 e. The lowest BCUT2D eigenvalue weighted by molar-refractivity contribution is 0.329. The molecule has 2 heterocycles. The van der Waals surface area contributed by atoms with Crippen LogP contribution in [0, 0.1) is 0 Å². The Kier molecular flexibility index (Phi) is 5.05. The van der Waals surface area contributed by atoms with Crippen molar-refractivity contribution >= 4 is 10.0 Å². The van der Waals surface area contributed by atoms with Crippen LogP contribution >= 0.6 is 0 Å². The molecule has 1 atom stereocenters. The van der Waals surface area contributed by atoms with Crippen LogP contribution in [0.4, 0.5) is 0 Å². The van der Waals surface area contributed by atoms with Gasteiger partial charge >= 0.3 is 5.69 Å². The number of benzene rings is 1. The van der Waals surface area contributed by atoms with Gasteiger partial charge in [-0.05, 0) is 25.0 Å². The number of aryl methyl sites for hydroxylation is 1. The topological polar surface area (TPSA) is 107 Å².